The van der Waals surface area contributed by atoms with Crippen molar-refractivity contribution in [2.45, 2.75) is 19.4 Å². The SMILES string of the molecule is Cc1cccc2c(=O)n(C3CCNC3)c(Cl)nc12. The van der Waals surface area contributed by atoms with Crippen molar-refractivity contribution in [1.29, 1.82) is 0 Å². The van der Waals surface area contributed by atoms with Gasteiger partial charge in [0.25, 0.3) is 5.56 Å². The molecule has 1 N–H and O–H groups in total. The number of aryl methyl sites for hydroxylation is 1. The fourth-order valence-electron chi connectivity index (χ4n) is 2.52. The molecule has 18 heavy (non-hydrogen) atoms. The summed E-state index contributed by atoms with van der Waals surface area (Å²) in [6, 6.07) is 5.74. The Morgan fingerprint density at radius 2 is 2.33 bits per heavy atom. The monoisotopic (exact) mass is 263 g/mol. The molecule has 1 aliphatic heterocycles. The molecule has 3 rings (SSSR count). The molecule has 0 radical (unpaired) electrons. The first-order chi connectivity index (χ1) is 8.68. The lowest BCUT2D eigenvalue weighted by atomic mass is 10.1. The molecule has 0 amide bonds. The molecule has 0 aliphatic carbocycles. The lowest BCUT2D eigenvalue weighted by Gasteiger charge is -2.15. The van der Waals surface area contributed by atoms with Crippen molar-refractivity contribution in [2.24, 2.45) is 0 Å². The van der Waals surface area contributed by atoms with Crippen LogP contribution in [0.3, 0.4) is 0 Å². The van der Waals surface area contributed by atoms with Crippen molar-refractivity contribution in [3.63, 3.8) is 0 Å². The first-order valence-electron chi connectivity index (χ1n) is 6.06. The van der Waals surface area contributed by atoms with Crippen LogP contribution >= 0.6 is 11.6 Å². The molecule has 1 saturated heterocycles. The third-order valence-electron chi connectivity index (χ3n) is 3.49. The van der Waals surface area contributed by atoms with Crippen LogP contribution in [-0.2, 0) is 0 Å². The summed E-state index contributed by atoms with van der Waals surface area (Å²) in [5.74, 6) is 0. The zero-order valence-electron chi connectivity index (χ0n) is 10.1. The van der Waals surface area contributed by atoms with E-state index in [0.717, 1.165) is 25.1 Å². The summed E-state index contributed by atoms with van der Waals surface area (Å²) in [6.07, 6.45) is 0.915. The predicted octanol–water partition coefficient (Wildman–Crippen LogP) is 1.89. The van der Waals surface area contributed by atoms with E-state index in [1.807, 2.05) is 25.1 Å². The van der Waals surface area contributed by atoms with Crippen LogP contribution in [0.25, 0.3) is 10.9 Å². The fourth-order valence-corrected chi connectivity index (χ4v) is 2.82. The number of halogens is 1. The van der Waals surface area contributed by atoms with E-state index in [2.05, 4.69) is 10.3 Å². The third-order valence-corrected chi connectivity index (χ3v) is 3.76. The Hall–Kier alpha value is -1.39. The van der Waals surface area contributed by atoms with E-state index in [1.165, 1.54) is 0 Å². The molecule has 1 atom stereocenters. The van der Waals surface area contributed by atoms with Gasteiger partial charge in [0, 0.05) is 6.54 Å². The zero-order valence-corrected chi connectivity index (χ0v) is 10.9. The summed E-state index contributed by atoms with van der Waals surface area (Å²) >= 11 is 6.18. The zero-order chi connectivity index (χ0) is 12.7. The quantitative estimate of drug-likeness (QED) is 0.800. The maximum Gasteiger partial charge on any atom is 0.262 e. The van der Waals surface area contributed by atoms with Gasteiger partial charge in [-0.1, -0.05) is 12.1 Å². The van der Waals surface area contributed by atoms with E-state index in [1.54, 1.807) is 4.57 Å². The van der Waals surface area contributed by atoms with E-state index in [-0.39, 0.29) is 16.9 Å². The normalized spacial score (nSPS) is 19.6. The predicted molar refractivity (Wildman–Crippen MR) is 72.3 cm³/mol. The average molecular weight is 264 g/mol. The first kappa shape index (κ1) is 11.7. The summed E-state index contributed by atoms with van der Waals surface area (Å²) < 4.78 is 1.61. The van der Waals surface area contributed by atoms with Gasteiger partial charge in [0.05, 0.1) is 16.9 Å². The van der Waals surface area contributed by atoms with Crippen LogP contribution in [0.2, 0.25) is 5.28 Å². The first-order valence-corrected chi connectivity index (χ1v) is 6.44. The second kappa shape index (κ2) is 4.37. The van der Waals surface area contributed by atoms with Gasteiger partial charge in [-0.15, -0.1) is 0 Å². The minimum atomic E-state index is -0.0394. The van der Waals surface area contributed by atoms with Crippen LogP contribution in [0.4, 0.5) is 0 Å². The number of nitrogens with one attached hydrogen (secondary N) is 1. The van der Waals surface area contributed by atoms with Gasteiger partial charge in [-0.25, -0.2) is 4.98 Å². The van der Waals surface area contributed by atoms with Gasteiger partial charge in [-0.3, -0.25) is 9.36 Å². The number of para-hydroxylation sites is 1. The van der Waals surface area contributed by atoms with Crippen LogP contribution in [0, 0.1) is 6.92 Å². The highest BCUT2D eigenvalue weighted by Gasteiger charge is 2.21. The number of hydrogen-bond acceptors (Lipinski definition) is 3. The molecule has 0 bridgehead atoms. The molecule has 1 aliphatic rings. The number of aromatic nitrogens is 2. The third kappa shape index (κ3) is 1.72. The van der Waals surface area contributed by atoms with E-state index in [0.29, 0.717) is 10.9 Å². The summed E-state index contributed by atoms with van der Waals surface area (Å²) in [5.41, 5.74) is 1.64. The van der Waals surface area contributed by atoms with Crippen LogP contribution in [0.5, 0.6) is 0 Å². The summed E-state index contributed by atoms with van der Waals surface area (Å²) in [4.78, 5) is 16.9. The topological polar surface area (TPSA) is 46.9 Å². The van der Waals surface area contributed by atoms with Gasteiger partial charge in [0.1, 0.15) is 0 Å². The van der Waals surface area contributed by atoms with Crippen molar-refractivity contribution in [3.05, 3.63) is 39.4 Å². The van der Waals surface area contributed by atoms with Gasteiger partial charge in [0.15, 0.2) is 0 Å². The van der Waals surface area contributed by atoms with Crippen LogP contribution in [0.15, 0.2) is 23.0 Å². The van der Waals surface area contributed by atoms with Crippen LogP contribution in [-0.4, -0.2) is 22.6 Å². The minimum Gasteiger partial charge on any atom is -0.315 e. The molecule has 1 fully saturated rings. The van der Waals surface area contributed by atoms with E-state index < -0.39 is 0 Å². The Kier molecular flexibility index (Phi) is 2.84. The largest absolute Gasteiger partial charge is 0.315 e. The minimum absolute atomic E-state index is 0.0394. The molecular weight excluding hydrogens is 250 g/mol. The molecule has 2 aromatic rings. The molecule has 2 heterocycles. The molecule has 1 unspecified atom stereocenters. The highest BCUT2D eigenvalue weighted by Crippen LogP contribution is 2.21. The molecule has 94 valence electrons. The highest BCUT2D eigenvalue weighted by molar-refractivity contribution is 6.28. The van der Waals surface area contributed by atoms with Crippen molar-refractivity contribution < 1.29 is 0 Å². The van der Waals surface area contributed by atoms with Crippen LogP contribution in [0.1, 0.15) is 18.0 Å². The van der Waals surface area contributed by atoms with E-state index in [4.69, 9.17) is 11.6 Å². The van der Waals surface area contributed by atoms with Crippen molar-refractivity contribution in [3.8, 4) is 0 Å². The van der Waals surface area contributed by atoms with Crippen LogP contribution < -0.4 is 10.9 Å². The van der Waals surface area contributed by atoms with Gasteiger partial charge in [-0.2, -0.15) is 0 Å². The lowest BCUT2D eigenvalue weighted by Crippen LogP contribution is -2.28. The van der Waals surface area contributed by atoms with Gasteiger partial charge < -0.3 is 5.32 Å². The Balaban J connectivity index is 2.30. The standard InChI is InChI=1S/C13H14ClN3O/c1-8-3-2-4-10-11(8)16-13(14)17(12(10)18)9-5-6-15-7-9/h2-4,9,15H,5-7H2,1H3. The summed E-state index contributed by atoms with van der Waals surface area (Å²) in [5, 5.41) is 4.17. The Bertz CT molecular complexity index is 659. The fraction of sp³-hybridized carbons (Fsp3) is 0.385. The molecule has 1 aromatic carbocycles. The lowest BCUT2D eigenvalue weighted by molar-refractivity contribution is 0.526. The molecule has 0 spiro atoms. The smallest absolute Gasteiger partial charge is 0.262 e. The number of benzene rings is 1. The van der Waals surface area contributed by atoms with Gasteiger partial charge in [-0.05, 0) is 43.1 Å². The van der Waals surface area contributed by atoms with E-state index in [9.17, 15) is 4.79 Å². The molecule has 0 saturated carbocycles. The second-order valence-corrected chi connectivity index (χ2v) is 5.01. The number of fused-ring (bicyclic) bond motifs is 1. The molecule has 1 aromatic heterocycles. The summed E-state index contributed by atoms with van der Waals surface area (Å²) in [6.45, 7) is 3.63. The van der Waals surface area contributed by atoms with E-state index >= 15 is 0 Å². The number of rotatable bonds is 1. The van der Waals surface area contributed by atoms with Gasteiger partial charge >= 0.3 is 0 Å². The molecule has 5 heteroatoms. The molecular formula is C13H14ClN3O. The van der Waals surface area contributed by atoms with Crippen molar-refractivity contribution in [2.75, 3.05) is 13.1 Å². The Morgan fingerprint density at radius 3 is 3.06 bits per heavy atom. The maximum atomic E-state index is 12.5. The maximum absolute atomic E-state index is 12.5. The number of hydrogen-bond donors (Lipinski definition) is 1. The molecule has 4 nitrogen and oxygen atoms in total. The van der Waals surface area contributed by atoms with Gasteiger partial charge in [0.2, 0.25) is 5.28 Å². The Labute approximate surface area is 110 Å². The Morgan fingerprint density at radius 1 is 1.50 bits per heavy atom. The van der Waals surface area contributed by atoms with Crippen molar-refractivity contribution >= 4 is 22.5 Å². The number of nitrogens with zero attached hydrogens (tertiary/aromatic N) is 2. The summed E-state index contributed by atoms with van der Waals surface area (Å²) in [7, 11) is 0. The van der Waals surface area contributed by atoms with Crippen molar-refractivity contribution in [1.82, 2.24) is 14.9 Å². The second-order valence-electron chi connectivity index (χ2n) is 4.67. The average Bonchev–Trinajstić information content (AvgIpc) is 2.84. The highest BCUT2D eigenvalue weighted by atomic mass is 35.5.